The Morgan fingerprint density at radius 2 is 1.56 bits per heavy atom. The Bertz CT molecular complexity index is 1160. The molecule has 0 aliphatic carbocycles. The minimum absolute atomic E-state index is 0.0822. The van der Waals surface area contributed by atoms with Gasteiger partial charge in [-0.25, -0.2) is 4.98 Å². The number of methoxy groups -OCH3 is 1. The highest BCUT2D eigenvalue weighted by atomic mass is 16.5. The summed E-state index contributed by atoms with van der Waals surface area (Å²) in [5, 5.41) is 0.600. The van der Waals surface area contributed by atoms with Gasteiger partial charge in [-0.1, -0.05) is 48.5 Å². The van der Waals surface area contributed by atoms with Crippen molar-refractivity contribution in [2.24, 2.45) is 0 Å². The van der Waals surface area contributed by atoms with Crippen molar-refractivity contribution in [3.8, 4) is 11.4 Å². The second-order valence-electron chi connectivity index (χ2n) is 6.07. The quantitative estimate of drug-likeness (QED) is 0.539. The van der Waals surface area contributed by atoms with Gasteiger partial charge in [0.15, 0.2) is 0 Å². The SMILES string of the molecule is COc1ccc(/C=C/c2nc3ccccc3c(=O)n2-c2ccccc2)cc1. The van der Waals surface area contributed by atoms with Crippen LogP contribution >= 0.6 is 0 Å². The molecule has 4 nitrogen and oxygen atoms in total. The van der Waals surface area contributed by atoms with Crippen LogP contribution in [0.2, 0.25) is 0 Å². The third-order valence-corrected chi connectivity index (χ3v) is 4.36. The number of benzene rings is 3. The maximum absolute atomic E-state index is 13.1. The van der Waals surface area contributed by atoms with Crippen LogP contribution in [0.4, 0.5) is 0 Å². The number of ether oxygens (including phenoxy) is 1. The first-order chi connectivity index (χ1) is 13.3. The van der Waals surface area contributed by atoms with Crippen molar-refractivity contribution in [2.45, 2.75) is 0 Å². The molecule has 4 heteroatoms. The molecule has 0 aliphatic rings. The summed E-state index contributed by atoms with van der Waals surface area (Å²) >= 11 is 0. The highest BCUT2D eigenvalue weighted by molar-refractivity contribution is 5.80. The van der Waals surface area contributed by atoms with Crippen molar-refractivity contribution in [1.29, 1.82) is 0 Å². The molecule has 4 rings (SSSR count). The monoisotopic (exact) mass is 354 g/mol. The fourth-order valence-electron chi connectivity index (χ4n) is 2.97. The van der Waals surface area contributed by atoms with Crippen molar-refractivity contribution in [3.63, 3.8) is 0 Å². The number of rotatable bonds is 4. The fourth-order valence-corrected chi connectivity index (χ4v) is 2.97. The zero-order valence-corrected chi connectivity index (χ0v) is 14.9. The summed E-state index contributed by atoms with van der Waals surface area (Å²) < 4.78 is 6.83. The first kappa shape index (κ1) is 16.8. The molecule has 0 radical (unpaired) electrons. The van der Waals surface area contributed by atoms with Gasteiger partial charge in [0, 0.05) is 0 Å². The largest absolute Gasteiger partial charge is 0.497 e. The molecule has 0 amide bonds. The summed E-state index contributed by atoms with van der Waals surface area (Å²) in [4.78, 5) is 17.8. The van der Waals surface area contributed by atoms with Crippen LogP contribution in [-0.4, -0.2) is 16.7 Å². The lowest BCUT2D eigenvalue weighted by Gasteiger charge is -2.11. The normalized spacial score (nSPS) is 11.1. The molecule has 0 bridgehead atoms. The molecule has 27 heavy (non-hydrogen) atoms. The van der Waals surface area contributed by atoms with E-state index in [4.69, 9.17) is 9.72 Å². The van der Waals surface area contributed by atoms with E-state index >= 15 is 0 Å². The second-order valence-corrected chi connectivity index (χ2v) is 6.07. The number of nitrogens with zero attached hydrogens (tertiary/aromatic N) is 2. The molecule has 1 heterocycles. The Labute approximate surface area is 157 Å². The van der Waals surface area contributed by atoms with Crippen molar-refractivity contribution in [2.75, 3.05) is 7.11 Å². The fraction of sp³-hybridized carbons (Fsp3) is 0.0435. The molecule has 1 aromatic heterocycles. The van der Waals surface area contributed by atoms with Gasteiger partial charge in [-0.2, -0.15) is 0 Å². The number of hydrogen-bond donors (Lipinski definition) is 0. The van der Waals surface area contributed by atoms with E-state index in [-0.39, 0.29) is 5.56 Å². The summed E-state index contributed by atoms with van der Waals surface area (Å²) in [5.41, 5.74) is 2.39. The molecule has 3 aromatic carbocycles. The lowest BCUT2D eigenvalue weighted by molar-refractivity contribution is 0.415. The maximum atomic E-state index is 13.1. The molecule has 0 atom stereocenters. The van der Waals surface area contributed by atoms with Gasteiger partial charge >= 0.3 is 0 Å². The van der Waals surface area contributed by atoms with Gasteiger partial charge in [-0.15, -0.1) is 0 Å². The Hall–Kier alpha value is -3.66. The summed E-state index contributed by atoms with van der Waals surface area (Å²) in [5.74, 6) is 1.39. The summed E-state index contributed by atoms with van der Waals surface area (Å²) in [6, 6.07) is 24.7. The average Bonchev–Trinajstić information content (AvgIpc) is 2.73. The third-order valence-electron chi connectivity index (χ3n) is 4.36. The standard InChI is InChI=1S/C23H18N2O2/c1-27-19-14-11-17(12-15-19)13-16-22-24-21-10-6-5-9-20(21)23(26)25(22)18-7-3-2-4-8-18/h2-16H,1H3/b16-13+. The van der Waals surface area contributed by atoms with E-state index in [9.17, 15) is 4.79 Å². The molecule has 132 valence electrons. The van der Waals surface area contributed by atoms with Crippen LogP contribution < -0.4 is 10.3 Å². The lowest BCUT2D eigenvalue weighted by atomic mass is 10.2. The van der Waals surface area contributed by atoms with E-state index in [1.54, 1.807) is 17.7 Å². The zero-order chi connectivity index (χ0) is 18.6. The Balaban J connectivity index is 1.87. The van der Waals surface area contributed by atoms with Crippen LogP contribution in [0.25, 0.3) is 28.7 Å². The van der Waals surface area contributed by atoms with Crippen LogP contribution in [0.1, 0.15) is 11.4 Å². The van der Waals surface area contributed by atoms with Gasteiger partial charge in [0.25, 0.3) is 5.56 Å². The Morgan fingerprint density at radius 3 is 2.30 bits per heavy atom. The maximum Gasteiger partial charge on any atom is 0.266 e. The minimum Gasteiger partial charge on any atom is -0.497 e. The van der Waals surface area contributed by atoms with Crippen LogP contribution in [0, 0.1) is 0 Å². The molecule has 0 N–H and O–H groups in total. The van der Waals surface area contributed by atoms with Crippen molar-refractivity contribution in [1.82, 2.24) is 9.55 Å². The second kappa shape index (κ2) is 7.30. The number of para-hydroxylation sites is 2. The van der Waals surface area contributed by atoms with E-state index in [0.29, 0.717) is 16.7 Å². The van der Waals surface area contributed by atoms with Crippen molar-refractivity contribution < 1.29 is 4.74 Å². The summed E-state index contributed by atoms with van der Waals surface area (Å²) in [7, 11) is 1.64. The van der Waals surface area contributed by atoms with Gasteiger partial charge in [-0.3, -0.25) is 9.36 Å². The molecule has 0 fully saturated rings. The van der Waals surface area contributed by atoms with Crippen LogP contribution in [0.5, 0.6) is 5.75 Å². The molecule has 0 saturated heterocycles. The lowest BCUT2D eigenvalue weighted by Crippen LogP contribution is -2.22. The van der Waals surface area contributed by atoms with Gasteiger partial charge in [-0.05, 0) is 48.0 Å². The highest BCUT2D eigenvalue weighted by Crippen LogP contribution is 2.17. The zero-order valence-electron chi connectivity index (χ0n) is 14.9. The smallest absolute Gasteiger partial charge is 0.266 e. The number of hydrogen-bond acceptors (Lipinski definition) is 3. The summed E-state index contributed by atoms with van der Waals surface area (Å²) in [6.07, 6.45) is 3.80. The average molecular weight is 354 g/mol. The van der Waals surface area contributed by atoms with Gasteiger partial charge in [0.1, 0.15) is 11.6 Å². The van der Waals surface area contributed by atoms with Gasteiger partial charge in [0.2, 0.25) is 0 Å². The Kier molecular flexibility index (Phi) is 4.54. The summed E-state index contributed by atoms with van der Waals surface area (Å²) in [6.45, 7) is 0. The number of fused-ring (bicyclic) bond motifs is 1. The van der Waals surface area contributed by atoms with E-state index in [1.165, 1.54) is 0 Å². The predicted molar refractivity (Wildman–Crippen MR) is 109 cm³/mol. The van der Waals surface area contributed by atoms with E-state index in [2.05, 4.69) is 0 Å². The van der Waals surface area contributed by atoms with E-state index in [1.807, 2.05) is 84.9 Å². The Morgan fingerprint density at radius 1 is 0.852 bits per heavy atom. The minimum atomic E-state index is -0.0822. The van der Waals surface area contributed by atoms with Crippen molar-refractivity contribution in [3.05, 3.63) is 101 Å². The molecule has 0 spiro atoms. The molecule has 0 unspecified atom stereocenters. The topological polar surface area (TPSA) is 44.1 Å². The molecule has 0 aliphatic heterocycles. The first-order valence-electron chi connectivity index (χ1n) is 8.65. The van der Waals surface area contributed by atoms with Crippen LogP contribution in [-0.2, 0) is 0 Å². The van der Waals surface area contributed by atoms with Crippen molar-refractivity contribution >= 4 is 23.1 Å². The molecule has 0 saturated carbocycles. The molecular weight excluding hydrogens is 336 g/mol. The van der Waals surface area contributed by atoms with E-state index < -0.39 is 0 Å². The van der Waals surface area contributed by atoms with Crippen LogP contribution in [0.3, 0.4) is 0 Å². The molecule has 4 aromatic rings. The number of aromatic nitrogens is 2. The van der Waals surface area contributed by atoms with E-state index in [0.717, 1.165) is 17.0 Å². The van der Waals surface area contributed by atoms with Gasteiger partial charge in [0.05, 0.1) is 23.7 Å². The third kappa shape index (κ3) is 3.37. The first-order valence-corrected chi connectivity index (χ1v) is 8.65. The van der Waals surface area contributed by atoms with Gasteiger partial charge < -0.3 is 4.74 Å². The predicted octanol–water partition coefficient (Wildman–Crippen LogP) is 4.56. The molecular formula is C23H18N2O2. The highest BCUT2D eigenvalue weighted by Gasteiger charge is 2.10. The van der Waals surface area contributed by atoms with Crippen LogP contribution in [0.15, 0.2) is 83.7 Å².